The molecule has 2 bridgehead atoms. The number of aromatic nitrogens is 2. The summed E-state index contributed by atoms with van der Waals surface area (Å²) in [5.41, 5.74) is 0.624. The lowest BCUT2D eigenvalue weighted by Crippen LogP contribution is -2.19. The number of ether oxygens (including phenoxy) is 1. The molecule has 0 saturated carbocycles. The fourth-order valence-electron chi connectivity index (χ4n) is 3.73. The lowest BCUT2D eigenvalue weighted by Gasteiger charge is -2.25. The van der Waals surface area contributed by atoms with E-state index < -0.39 is 12.0 Å². The predicted octanol–water partition coefficient (Wildman–Crippen LogP) is 6.50. The van der Waals surface area contributed by atoms with Crippen molar-refractivity contribution in [3.05, 3.63) is 71.3 Å². The molecule has 0 fully saturated rings. The van der Waals surface area contributed by atoms with Gasteiger partial charge in [0.15, 0.2) is 0 Å². The Kier molecular flexibility index (Phi) is 5.37. The van der Waals surface area contributed by atoms with Gasteiger partial charge in [0.25, 0.3) is 5.92 Å². The molecule has 0 amide bonds. The number of anilines is 1. The van der Waals surface area contributed by atoms with Crippen molar-refractivity contribution in [3.8, 4) is 5.75 Å². The molecule has 4 nitrogen and oxygen atoms in total. The second kappa shape index (κ2) is 7.87. The monoisotopic (exact) mass is 427 g/mol. The largest absolute Gasteiger partial charge is 0.493 e. The highest BCUT2D eigenvalue weighted by Gasteiger charge is 2.37. The van der Waals surface area contributed by atoms with Crippen LogP contribution in [0.25, 0.3) is 10.9 Å². The van der Waals surface area contributed by atoms with Crippen LogP contribution in [0.2, 0.25) is 0 Å². The minimum absolute atomic E-state index is 0.112. The quantitative estimate of drug-likeness (QED) is 0.475. The third-order valence-corrected chi connectivity index (χ3v) is 5.65. The summed E-state index contributed by atoms with van der Waals surface area (Å²) in [6.07, 6.45) is 0.515. The van der Waals surface area contributed by atoms with E-state index in [-0.39, 0.29) is 35.2 Å². The van der Waals surface area contributed by atoms with E-state index in [1.54, 1.807) is 18.2 Å². The highest BCUT2D eigenvalue weighted by atomic mass is 19.3. The van der Waals surface area contributed by atoms with Gasteiger partial charge in [-0.2, -0.15) is 8.78 Å². The van der Waals surface area contributed by atoms with E-state index in [2.05, 4.69) is 21.9 Å². The molecule has 1 aromatic heterocycles. The van der Waals surface area contributed by atoms with Gasteiger partial charge < -0.3 is 10.1 Å². The molecule has 162 valence electrons. The Bertz CT molecular complexity index is 1160. The average molecular weight is 427 g/mol. The van der Waals surface area contributed by atoms with Crippen molar-refractivity contribution in [1.29, 1.82) is 0 Å². The van der Waals surface area contributed by atoms with Crippen molar-refractivity contribution >= 4 is 16.7 Å². The summed E-state index contributed by atoms with van der Waals surface area (Å²) in [4.78, 5) is 9.20. The summed E-state index contributed by atoms with van der Waals surface area (Å²) in [7, 11) is 0. The van der Waals surface area contributed by atoms with Gasteiger partial charge in [-0.3, -0.25) is 0 Å². The first-order chi connectivity index (χ1) is 14.7. The van der Waals surface area contributed by atoms with Gasteiger partial charge in [0.1, 0.15) is 23.2 Å². The smallest absolute Gasteiger partial charge is 0.297 e. The molecular weight excluding hydrogens is 403 g/mol. The summed E-state index contributed by atoms with van der Waals surface area (Å²) < 4.78 is 49.6. The molecule has 2 atom stereocenters. The molecule has 31 heavy (non-hydrogen) atoms. The molecule has 2 aromatic carbocycles. The van der Waals surface area contributed by atoms with E-state index >= 15 is 0 Å². The van der Waals surface area contributed by atoms with Gasteiger partial charge in [-0.15, -0.1) is 0 Å². The molecule has 4 rings (SSSR count). The third-order valence-electron chi connectivity index (χ3n) is 5.65. The molecule has 1 aliphatic rings. The Labute approximate surface area is 179 Å². The van der Waals surface area contributed by atoms with Gasteiger partial charge in [-0.1, -0.05) is 25.6 Å². The second-order valence-electron chi connectivity index (χ2n) is 8.07. The Balaban J connectivity index is 1.88. The van der Waals surface area contributed by atoms with Crippen LogP contribution < -0.4 is 10.1 Å². The Morgan fingerprint density at radius 3 is 2.71 bits per heavy atom. The van der Waals surface area contributed by atoms with Gasteiger partial charge >= 0.3 is 0 Å². The molecular formula is C24H24F3N3O. The maximum absolute atomic E-state index is 14.9. The number of hydrogen-bond acceptors (Lipinski definition) is 4. The van der Waals surface area contributed by atoms with E-state index in [4.69, 9.17) is 4.74 Å². The zero-order chi connectivity index (χ0) is 22.3. The summed E-state index contributed by atoms with van der Waals surface area (Å²) in [5, 5.41) is 3.97. The highest BCUT2D eigenvalue weighted by molar-refractivity contribution is 5.89. The number of rotatable bonds is 2. The van der Waals surface area contributed by atoms with Crippen molar-refractivity contribution in [1.82, 2.24) is 9.97 Å². The van der Waals surface area contributed by atoms with Crippen LogP contribution in [0.3, 0.4) is 0 Å². The zero-order valence-corrected chi connectivity index (χ0v) is 17.7. The normalized spacial score (nSPS) is 19.0. The molecule has 0 saturated heterocycles. The number of alkyl halides is 2. The first-order valence-corrected chi connectivity index (χ1v) is 10.2. The van der Waals surface area contributed by atoms with Crippen molar-refractivity contribution in [3.63, 3.8) is 0 Å². The molecule has 3 aromatic rings. The summed E-state index contributed by atoms with van der Waals surface area (Å²) in [6.45, 7) is 8.77. The van der Waals surface area contributed by atoms with Crippen LogP contribution in [-0.2, 0) is 5.92 Å². The molecule has 7 heteroatoms. The molecule has 1 N–H and O–H groups in total. The van der Waals surface area contributed by atoms with E-state index in [0.29, 0.717) is 34.5 Å². The second-order valence-corrected chi connectivity index (χ2v) is 8.07. The lowest BCUT2D eigenvalue weighted by atomic mass is 9.96. The Hall–Kier alpha value is -3.09. The van der Waals surface area contributed by atoms with Crippen LogP contribution in [0.1, 0.15) is 56.1 Å². The third kappa shape index (κ3) is 3.84. The maximum Gasteiger partial charge on any atom is 0.297 e. The first kappa shape index (κ1) is 21.2. The van der Waals surface area contributed by atoms with Crippen LogP contribution in [0.4, 0.5) is 19.0 Å². The minimum Gasteiger partial charge on any atom is -0.493 e. The van der Waals surface area contributed by atoms with Crippen LogP contribution in [-0.4, -0.2) is 16.6 Å². The number of hydrogen-bond donors (Lipinski definition) is 1. The predicted molar refractivity (Wildman–Crippen MR) is 115 cm³/mol. The Morgan fingerprint density at radius 1 is 1.19 bits per heavy atom. The molecule has 2 heterocycles. The fourth-order valence-corrected chi connectivity index (χ4v) is 3.73. The van der Waals surface area contributed by atoms with Gasteiger partial charge in [-0.05, 0) is 44.0 Å². The van der Waals surface area contributed by atoms with Crippen molar-refractivity contribution in [2.45, 2.75) is 45.1 Å². The first-order valence-electron chi connectivity index (χ1n) is 10.2. The molecule has 1 unspecified atom stereocenters. The molecule has 0 spiro atoms. The number of fused-ring (bicyclic) bond motifs is 5. The highest BCUT2D eigenvalue weighted by Crippen LogP contribution is 2.44. The molecule has 1 aliphatic heterocycles. The number of benzene rings is 2. The van der Waals surface area contributed by atoms with Gasteiger partial charge in [0, 0.05) is 22.9 Å². The SMILES string of the molecule is C=C(C)C(F)(F)c1cccc2c1OCCC(C)c1nc(c3ccc(F)cc3n1)N[C@@H]2C. The van der Waals surface area contributed by atoms with Gasteiger partial charge in [0.05, 0.1) is 23.7 Å². The number of nitrogens with one attached hydrogen (secondary N) is 1. The van der Waals surface area contributed by atoms with Gasteiger partial charge in [0.2, 0.25) is 0 Å². The van der Waals surface area contributed by atoms with Crippen LogP contribution >= 0.6 is 0 Å². The van der Waals surface area contributed by atoms with Crippen LogP contribution in [0.15, 0.2) is 48.6 Å². The number of para-hydroxylation sites is 1. The zero-order valence-electron chi connectivity index (χ0n) is 17.7. The van der Waals surface area contributed by atoms with Gasteiger partial charge in [-0.25, -0.2) is 14.4 Å². The summed E-state index contributed by atoms with van der Waals surface area (Å²) >= 11 is 0. The topological polar surface area (TPSA) is 47.0 Å². The fraction of sp³-hybridized carbons (Fsp3) is 0.333. The molecule has 0 radical (unpaired) electrons. The lowest BCUT2D eigenvalue weighted by molar-refractivity contribution is 0.0349. The van der Waals surface area contributed by atoms with E-state index in [1.807, 2.05) is 13.8 Å². The average Bonchev–Trinajstić information content (AvgIpc) is 2.73. The van der Waals surface area contributed by atoms with Crippen molar-refractivity contribution in [2.24, 2.45) is 0 Å². The summed E-state index contributed by atoms with van der Waals surface area (Å²) in [6, 6.07) is 8.67. The van der Waals surface area contributed by atoms with Crippen molar-refractivity contribution in [2.75, 3.05) is 11.9 Å². The van der Waals surface area contributed by atoms with Crippen LogP contribution in [0, 0.1) is 5.82 Å². The van der Waals surface area contributed by atoms with Crippen molar-refractivity contribution < 1.29 is 17.9 Å². The molecule has 0 aliphatic carbocycles. The van der Waals surface area contributed by atoms with E-state index in [0.717, 1.165) is 0 Å². The Morgan fingerprint density at radius 2 is 1.97 bits per heavy atom. The number of nitrogens with zero attached hydrogens (tertiary/aromatic N) is 2. The minimum atomic E-state index is -3.22. The van der Waals surface area contributed by atoms with E-state index in [9.17, 15) is 13.2 Å². The van der Waals surface area contributed by atoms with E-state index in [1.165, 1.54) is 25.1 Å². The standard InChI is InChI=1S/C24H24F3N3O/c1-13(2)24(26,27)19-7-5-6-17-15(4)28-23-18-9-8-16(25)12-20(18)29-22(30-23)14(3)10-11-31-21(17)19/h5-9,12,14-15H,1,10-11H2,2-4H3,(H,28,29,30)/t14?,15-/m1/s1. The maximum atomic E-state index is 14.9. The summed E-state index contributed by atoms with van der Waals surface area (Å²) in [5.74, 6) is -2.48. The van der Waals surface area contributed by atoms with Crippen LogP contribution in [0.5, 0.6) is 5.75 Å². The number of halogens is 3. The number of allylic oxidation sites excluding steroid dienone is 1.